The second kappa shape index (κ2) is 7.49. The van der Waals surface area contributed by atoms with Crippen molar-refractivity contribution < 1.29 is 0 Å². The lowest BCUT2D eigenvalue weighted by Crippen LogP contribution is -2.22. The lowest BCUT2D eigenvalue weighted by molar-refractivity contribution is 0.364. The van der Waals surface area contributed by atoms with E-state index in [1.165, 1.54) is 36.0 Å². The molecule has 0 heterocycles. The molecule has 0 aromatic heterocycles. The smallest absolute Gasteiger partial charge is 0.0994 e. The molecule has 2 unspecified atom stereocenters. The normalized spacial score (nSPS) is 20.6. The number of rotatable bonds is 4. The van der Waals surface area contributed by atoms with E-state index in [0.717, 1.165) is 24.0 Å². The van der Waals surface area contributed by atoms with E-state index in [0.29, 0.717) is 11.8 Å². The van der Waals surface area contributed by atoms with Gasteiger partial charge in [0.1, 0.15) is 0 Å². The average Bonchev–Trinajstić information content (AvgIpc) is 2.61. The van der Waals surface area contributed by atoms with Crippen LogP contribution in [-0.2, 0) is 12.8 Å². The molecule has 122 valence electrons. The van der Waals surface area contributed by atoms with Gasteiger partial charge < -0.3 is 0 Å². The Bertz CT molecular complexity index is 751. The quantitative estimate of drug-likeness (QED) is 0.671. The molecule has 1 fully saturated rings. The molecule has 1 saturated carbocycles. The molecule has 2 aromatic carbocycles. The van der Waals surface area contributed by atoms with E-state index in [1.807, 2.05) is 6.92 Å². The van der Waals surface area contributed by atoms with Gasteiger partial charge in [-0.15, -0.1) is 0 Å². The van der Waals surface area contributed by atoms with Crippen molar-refractivity contribution in [2.75, 3.05) is 0 Å². The van der Waals surface area contributed by atoms with Crippen molar-refractivity contribution in [3.8, 4) is 6.07 Å². The van der Waals surface area contributed by atoms with Gasteiger partial charge in [0.2, 0.25) is 0 Å². The molecule has 0 N–H and O–H groups in total. The lowest BCUT2D eigenvalue weighted by atomic mass is 9.73. The van der Waals surface area contributed by atoms with E-state index in [4.69, 9.17) is 0 Å². The highest BCUT2D eigenvalue weighted by atomic mass is 14.3. The van der Waals surface area contributed by atoms with Gasteiger partial charge in [-0.25, -0.2) is 0 Å². The van der Waals surface area contributed by atoms with Gasteiger partial charge in [-0.05, 0) is 67.2 Å². The number of benzene rings is 2. The minimum absolute atomic E-state index is 0.543. The highest BCUT2D eigenvalue weighted by Crippen LogP contribution is 2.37. The minimum Gasteiger partial charge on any atom is -0.192 e. The van der Waals surface area contributed by atoms with E-state index in [9.17, 15) is 5.26 Å². The van der Waals surface area contributed by atoms with E-state index in [2.05, 4.69) is 61.2 Å². The summed E-state index contributed by atoms with van der Waals surface area (Å²) in [5, 5.41) is 9.24. The third-order valence-electron chi connectivity index (χ3n) is 5.38. The van der Waals surface area contributed by atoms with Gasteiger partial charge in [-0.3, -0.25) is 0 Å². The molecule has 1 nitrogen and oxygen atoms in total. The Labute approximate surface area is 145 Å². The largest absolute Gasteiger partial charge is 0.192 e. The summed E-state index contributed by atoms with van der Waals surface area (Å²) in [6.07, 6.45) is 5.87. The van der Waals surface area contributed by atoms with Crippen LogP contribution in [0.3, 0.4) is 0 Å². The molecule has 0 radical (unpaired) electrons. The van der Waals surface area contributed by atoms with Crippen LogP contribution < -0.4 is 0 Å². The molecule has 1 aliphatic carbocycles. The van der Waals surface area contributed by atoms with Crippen LogP contribution in [0.25, 0.3) is 0 Å². The SMILES string of the molecule is C=C1C(Cc2ccccc2)CCCC1Cc1ccc(C)c(C#N)c1. The van der Waals surface area contributed by atoms with Crippen LogP contribution in [0.15, 0.2) is 60.7 Å². The second-order valence-electron chi connectivity index (χ2n) is 7.05. The maximum atomic E-state index is 9.24. The van der Waals surface area contributed by atoms with Crippen LogP contribution in [0.5, 0.6) is 0 Å². The van der Waals surface area contributed by atoms with Crippen LogP contribution in [0, 0.1) is 30.1 Å². The number of allylic oxidation sites excluding steroid dienone is 1. The van der Waals surface area contributed by atoms with Crippen LogP contribution >= 0.6 is 0 Å². The van der Waals surface area contributed by atoms with Gasteiger partial charge in [0.05, 0.1) is 11.6 Å². The molecule has 1 aliphatic rings. The first-order valence-corrected chi connectivity index (χ1v) is 8.89. The number of aryl methyl sites for hydroxylation is 1. The Balaban J connectivity index is 1.70. The predicted octanol–water partition coefficient (Wildman–Crippen LogP) is 5.62. The van der Waals surface area contributed by atoms with E-state index < -0.39 is 0 Å². The molecule has 0 aliphatic heterocycles. The van der Waals surface area contributed by atoms with Crippen LogP contribution in [-0.4, -0.2) is 0 Å². The Morgan fingerprint density at radius 1 is 1.00 bits per heavy atom. The summed E-state index contributed by atoms with van der Waals surface area (Å²) in [5.74, 6) is 1.13. The molecule has 3 rings (SSSR count). The van der Waals surface area contributed by atoms with Crippen molar-refractivity contribution >= 4 is 0 Å². The van der Waals surface area contributed by atoms with Gasteiger partial charge in [0, 0.05) is 0 Å². The Hall–Kier alpha value is -2.33. The first-order valence-electron chi connectivity index (χ1n) is 8.89. The van der Waals surface area contributed by atoms with Crippen LogP contribution in [0.2, 0.25) is 0 Å². The van der Waals surface area contributed by atoms with E-state index in [1.54, 1.807) is 0 Å². The fourth-order valence-electron chi connectivity index (χ4n) is 3.88. The summed E-state index contributed by atoms with van der Waals surface area (Å²) < 4.78 is 0. The maximum absolute atomic E-state index is 9.24. The third-order valence-corrected chi connectivity index (χ3v) is 5.38. The summed E-state index contributed by atoms with van der Waals surface area (Å²) in [6.45, 7) is 6.46. The van der Waals surface area contributed by atoms with Crippen molar-refractivity contribution in [3.63, 3.8) is 0 Å². The van der Waals surface area contributed by atoms with Crippen molar-refractivity contribution in [2.24, 2.45) is 11.8 Å². The monoisotopic (exact) mass is 315 g/mol. The molecule has 24 heavy (non-hydrogen) atoms. The van der Waals surface area contributed by atoms with E-state index in [-0.39, 0.29) is 0 Å². The zero-order chi connectivity index (χ0) is 16.9. The topological polar surface area (TPSA) is 23.8 Å². The zero-order valence-corrected chi connectivity index (χ0v) is 14.5. The van der Waals surface area contributed by atoms with E-state index >= 15 is 0 Å². The number of nitriles is 1. The molecular weight excluding hydrogens is 290 g/mol. The van der Waals surface area contributed by atoms with Crippen LogP contribution in [0.4, 0.5) is 0 Å². The minimum atomic E-state index is 0.543. The molecule has 0 bridgehead atoms. The Kier molecular flexibility index (Phi) is 5.16. The summed E-state index contributed by atoms with van der Waals surface area (Å²) in [5.41, 5.74) is 5.94. The first-order chi connectivity index (χ1) is 11.7. The van der Waals surface area contributed by atoms with Crippen molar-refractivity contribution in [1.82, 2.24) is 0 Å². The van der Waals surface area contributed by atoms with Crippen molar-refractivity contribution in [2.45, 2.75) is 39.0 Å². The van der Waals surface area contributed by atoms with Gasteiger partial charge in [0.25, 0.3) is 0 Å². The second-order valence-corrected chi connectivity index (χ2v) is 7.05. The third kappa shape index (κ3) is 3.77. The lowest BCUT2D eigenvalue weighted by Gasteiger charge is -2.32. The maximum Gasteiger partial charge on any atom is 0.0994 e. The molecule has 0 amide bonds. The van der Waals surface area contributed by atoms with Gasteiger partial charge in [-0.1, -0.05) is 61.0 Å². The number of hydrogen-bond acceptors (Lipinski definition) is 1. The average molecular weight is 315 g/mol. The zero-order valence-electron chi connectivity index (χ0n) is 14.5. The van der Waals surface area contributed by atoms with Crippen LogP contribution in [0.1, 0.15) is 41.5 Å². The number of nitrogens with zero attached hydrogens (tertiary/aromatic N) is 1. The molecule has 2 atom stereocenters. The summed E-state index contributed by atoms with van der Waals surface area (Å²) in [4.78, 5) is 0. The molecule has 0 saturated heterocycles. The summed E-state index contributed by atoms with van der Waals surface area (Å²) in [7, 11) is 0. The highest BCUT2D eigenvalue weighted by Gasteiger charge is 2.26. The fraction of sp³-hybridized carbons (Fsp3) is 0.348. The van der Waals surface area contributed by atoms with Gasteiger partial charge >= 0.3 is 0 Å². The predicted molar refractivity (Wildman–Crippen MR) is 99.7 cm³/mol. The molecule has 0 spiro atoms. The fourth-order valence-corrected chi connectivity index (χ4v) is 3.88. The van der Waals surface area contributed by atoms with Gasteiger partial charge in [0.15, 0.2) is 0 Å². The molecular formula is C23H25N. The highest BCUT2D eigenvalue weighted by molar-refractivity contribution is 5.40. The molecule has 1 heteroatoms. The van der Waals surface area contributed by atoms with Crippen molar-refractivity contribution in [1.29, 1.82) is 5.26 Å². The van der Waals surface area contributed by atoms with Gasteiger partial charge in [-0.2, -0.15) is 5.26 Å². The Morgan fingerprint density at radius 3 is 2.33 bits per heavy atom. The summed E-state index contributed by atoms with van der Waals surface area (Å²) in [6, 6.07) is 19.4. The standard InChI is InChI=1S/C23H25N/c1-17-11-12-20(15-23(17)16-24)14-22-10-6-9-21(18(22)2)13-19-7-4-3-5-8-19/h3-5,7-8,11-12,15,21-22H,2,6,9-10,13-14H2,1H3. The first kappa shape index (κ1) is 16.5. The van der Waals surface area contributed by atoms with Crippen molar-refractivity contribution in [3.05, 3.63) is 82.9 Å². The molecule has 2 aromatic rings. The summed E-state index contributed by atoms with van der Waals surface area (Å²) >= 11 is 0. The number of hydrogen-bond donors (Lipinski definition) is 0. The Morgan fingerprint density at radius 2 is 1.67 bits per heavy atom.